The highest BCUT2D eigenvalue weighted by Gasteiger charge is 2.55. The lowest BCUT2D eigenvalue weighted by atomic mass is 9.71. The maximum absolute atomic E-state index is 5.38. The van der Waals surface area contributed by atoms with Crippen LogP contribution in [0.15, 0.2) is 30.3 Å². The molecular weight excluding hydrogens is 148 g/mol. The normalized spacial score (nSPS) is 37.8. The summed E-state index contributed by atoms with van der Waals surface area (Å²) in [5, 5.41) is 0. The summed E-state index contributed by atoms with van der Waals surface area (Å²) in [5.41, 5.74) is 1.83. The zero-order chi connectivity index (χ0) is 8.02. The van der Waals surface area contributed by atoms with Crippen molar-refractivity contribution >= 4 is 0 Å². The van der Waals surface area contributed by atoms with Crippen molar-refractivity contribution in [3.63, 3.8) is 0 Å². The standard InChI is InChI=1S/C11H12O/c1-2-4-9(5-3-1)10-6-11(7-10)8-12-11/h1-5,10H,6-8H2/t10-,11+. The van der Waals surface area contributed by atoms with Gasteiger partial charge in [-0.15, -0.1) is 0 Å². The number of rotatable bonds is 1. The molecule has 62 valence electrons. The van der Waals surface area contributed by atoms with Crippen molar-refractivity contribution in [3.05, 3.63) is 35.9 Å². The van der Waals surface area contributed by atoms with Crippen LogP contribution < -0.4 is 0 Å². The lowest BCUT2D eigenvalue weighted by Crippen LogP contribution is -2.30. The molecule has 0 unspecified atom stereocenters. The Kier molecular flexibility index (Phi) is 1.17. The van der Waals surface area contributed by atoms with E-state index in [1.807, 2.05) is 0 Å². The zero-order valence-corrected chi connectivity index (χ0v) is 6.99. The van der Waals surface area contributed by atoms with E-state index in [2.05, 4.69) is 30.3 Å². The molecular formula is C11H12O. The van der Waals surface area contributed by atoms with E-state index in [4.69, 9.17) is 4.74 Å². The molecule has 1 saturated heterocycles. The van der Waals surface area contributed by atoms with Gasteiger partial charge in [0.05, 0.1) is 12.2 Å². The summed E-state index contributed by atoms with van der Waals surface area (Å²) >= 11 is 0. The summed E-state index contributed by atoms with van der Waals surface area (Å²) in [4.78, 5) is 0. The molecule has 2 fully saturated rings. The number of epoxide rings is 1. The van der Waals surface area contributed by atoms with E-state index >= 15 is 0 Å². The highest BCUT2D eigenvalue weighted by molar-refractivity contribution is 5.26. The minimum atomic E-state index is 0.348. The minimum absolute atomic E-state index is 0.348. The van der Waals surface area contributed by atoms with Crippen LogP contribution in [0.4, 0.5) is 0 Å². The van der Waals surface area contributed by atoms with Gasteiger partial charge < -0.3 is 4.74 Å². The van der Waals surface area contributed by atoms with Crippen LogP contribution in [0.1, 0.15) is 24.3 Å². The van der Waals surface area contributed by atoms with E-state index in [0.29, 0.717) is 5.60 Å². The molecule has 0 radical (unpaired) electrons. The Morgan fingerprint density at radius 1 is 1.17 bits per heavy atom. The molecule has 1 saturated carbocycles. The Hall–Kier alpha value is -0.820. The highest BCUT2D eigenvalue weighted by Crippen LogP contribution is 2.54. The van der Waals surface area contributed by atoms with Crippen LogP contribution in [0.25, 0.3) is 0 Å². The fourth-order valence-electron chi connectivity index (χ4n) is 2.14. The predicted molar refractivity (Wildman–Crippen MR) is 47.1 cm³/mol. The van der Waals surface area contributed by atoms with Gasteiger partial charge in [0.1, 0.15) is 0 Å². The molecule has 0 amide bonds. The van der Waals surface area contributed by atoms with Crippen LogP contribution in [0.5, 0.6) is 0 Å². The fraction of sp³-hybridized carbons (Fsp3) is 0.455. The Labute approximate surface area is 72.4 Å². The van der Waals surface area contributed by atoms with Crippen molar-refractivity contribution in [2.75, 3.05) is 6.61 Å². The molecule has 2 aliphatic rings. The first kappa shape index (κ1) is 6.67. The molecule has 3 rings (SSSR count). The van der Waals surface area contributed by atoms with E-state index in [1.165, 1.54) is 18.4 Å². The van der Waals surface area contributed by atoms with Gasteiger partial charge in [0, 0.05) is 0 Å². The molecule has 0 aromatic heterocycles. The molecule has 12 heavy (non-hydrogen) atoms. The smallest absolute Gasteiger partial charge is 0.0928 e. The second-order valence-corrected chi connectivity index (χ2v) is 3.99. The molecule has 1 heteroatoms. The van der Waals surface area contributed by atoms with Gasteiger partial charge in [0.2, 0.25) is 0 Å². The summed E-state index contributed by atoms with van der Waals surface area (Å²) in [6.45, 7) is 1.01. The first-order valence-corrected chi connectivity index (χ1v) is 4.57. The second kappa shape index (κ2) is 2.11. The predicted octanol–water partition coefficient (Wildman–Crippen LogP) is 2.33. The summed E-state index contributed by atoms with van der Waals surface area (Å²) in [6.07, 6.45) is 2.49. The second-order valence-electron chi connectivity index (χ2n) is 3.99. The average molecular weight is 160 g/mol. The van der Waals surface area contributed by atoms with E-state index in [0.717, 1.165) is 12.5 Å². The number of hydrogen-bond acceptors (Lipinski definition) is 1. The monoisotopic (exact) mass is 160 g/mol. The van der Waals surface area contributed by atoms with Gasteiger partial charge >= 0.3 is 0 Å². The van der Waals surface area contributed by atoms with Gasteiger partial charge in [-0.25, -0.2) is 0 Å². The lowest BCUT2D eigenvalue weighted by molar-refractivity contribution is 0.170. The Bertz CT molecular complexity index is 279. The summed E-state index contributed by atoms with van der Waals surface area (Å²) in [6, 6.07) is 10.8. The summed E-state index contributed by atoms with van der Waals surface area (Å²) < 4.78 is 5.38. The first-order valence-electron chi connectivity index (χ1n) is 4.57. The SMILES string of the molecule is c1ccc([C@H]2C[C@]3(CO3)C2)cc1. The molecule has 0 atom stereocenters. The Balaban J connectivity index is 1.76. The van der Waals surface area contributed by atoms with Crippen LogP contribution in [-0.4, -0.2) is 12.2 Å². The maximum Gasteiger partial charge on any atom is 0.0928 e. The van der Waals surface area contributed by atoms with Crippen LogP contribution in [0.3, 0.4) is 0 Å². The van der Waals surface area contributed by atoms with Crippen molar-refractivity contribution in [1.29, 1.82) is 0 Å². The van der Waals surface area contributed by atoms with Gasteiger partial charge in [-0.2, -0.15) is 0 Å². The van der Waals surface area contributed by atoms with Crippen molar-refractivity contribution in [1.82, 2.24) is 0 Å². The summed E-state index contributed by atoms with van der Waals surface area (Å²) in [5.74, 6) is 0.772. The van der Waals surface area contributed by atoms with Crippen LogP contribution >= 0.6 is 0 Å². The van der Waals surface area contributed by atoms with Crippen molar-refractivity contribution in [2.45, 2.75) is 24.4 Å². The molecule has 0 bridgehead atoms. The number of hydrogen-bond donors (Lipinski definition) is 0. The summed E-state index contributed by atoms with van der Waals surface area (Å²) in [7, 11) is 0. The molecule has 1 heterocycles. The van der Waals surface area contributed by atoms with Crippen molar-refractivity contribution in [3.8, 4) is 0 Å². The average Bonchev–Trinajstić information content (AvgIpc) is 2.82. The molecule has 0 N–H and O–H groups in total. The van der Waals surface area contributed by atoms with Crippen molar-refractivity contribution < 1.29 is 4.74 Å². The largest absolute Gasteiger partial charge is 0.370 e. The topological polar surface area (TPSA) is 12.5 Å². The molecule has 1 aliphatic heterocycles. The van der Waals surface area contributed by atoms with Crippen molar-refractivity contribution in [2.24, 2.45) is 0 Å². The maximum atomic E-state index is 5.38. The van der Waals surface area contributed by atoms with Crippen LogP contribution in [0.2, 0.25) is 0 Å². The van der Waals surface area contributed by atoms with Gasteiger partial charge in [0.25, 0.3) is 0 Å². The van der Waals surface area contributed by atoms with Gasteiger partial charge in [-0.1, -0.05) is 30.3 Å². The molecule has 1 aliphatic carbocycles. The molecule has 1 spiro atoms. The Morgan fingerprint density at radius 3 is 2.42 bits per heavy atom. The first-order chi connectivity index (χ1) is 5.88. The lowest BCUT2D eigenvalue weighted by Gasteiger charge is -2.33. The quantitative estimate of drug-likeness (QED) is 0.574. The highest BCUT2D eigenvalue weighted by atomic mass is 16.6. The van der Waals surface area contributed by atoms with Gasteiger partial charge in [-0.3, -0.25) is 0 Å². The zero-order valence-electron chi connectivity index (χ0n) is 6.99. The minimum Gasteiger partial charge on any atom is -0.370 e. The third-order valence-electron chi connectivity index (χ3n) is 3.06. The van der Waals surface area contributed by atoms with E-state index in [1.54, 1.807) is 0 Å². The molecule has 1 nitrogen and oxygen atoms in total. The van der Waals surface area contributed by atoms with Gasteiger partial charge in [0.15, 0.2) is 0 Å². The third-order valence-corrected chi connectivity index (χ3v) is 3.06. The van der Waals surface area contributed by atoms with E-state index in [-0.39, 0.29) is 0 Å². The van der Waals surface area contributed by atoms with Gasteiger partial charge in [-0.05, 0) is 24.3 Å². The number of ether oxygens (including phenoxy) is 1. The fourth-order valence-corrected chi connectivity index (χ4v) is 2.14. The van der Waals surface area contributed by atoms with Crippen LogP contribution in [-0.2, 0) is 4.74 Å². The van der Waals surface area contributed by atoms with E-state index in [9.17, 15) is 0 Å². The Morgan fingerprint density at radius 2 is 1.83 bits per heavy atom. The molecule has 1 aromatic carbocycles. The van der Waals surface area contributed by atoms with E-state index < -0.39 is 0 Å². The number of benzene rings is 1. The van der Waals surface area contributed by atoms with Crippen LogP contribution in [0, 0.1) is 0 Å². The third kappa shape index (κ3) is 0.896. The molecule has 1 aromatic rings.